The molecule has 3 heterocycles. The van der Waals surface area contributed by atoms with Gasteiger partial charge in [-0.15, -0.1) is 10.2 Å². The van der Waals surface area contributed by atoms with Gasteiger partial charge in [0.05, 0.1) is 0 Å². The van der Waals surface area contributed by atoms with Crippen molar-refractivity contribution in [3.63, 3.8) is 0 Å². The number of hydrogen-bond donors (Lipinski definition) is 1. The number of rotatable bonds is 2. The normalized spacial score (nSPS) is 23.5. The van der Waals surface area contributed by atoms with Gasteiger partial charge in [0.25, 0.3) is 0 Å². The van der Waals surface area contributed by atoms with Gasteiger partial charge < -0.3 is 10.2 Å². The summed E-state index contributed by atoms with van der Waals surface area (Å²) >= 11 is 1.78. The Kier molecular flexibility index (Phi) is 4.03. The third-order valence-electron chi connectivity index (χ3n) is 4.74. The predicted octanol–water partition coefficient (Wildman–Crippen LogP) is 2.46. The maximum Gasteiger partial charge on any atom is 0.208 e. The van der Waals surface area contributed by atoms with Crippen molar-refractivity contribution in [2.75, 3.05) is 31.1 Å². The molecule has 0 aliphatic carbocycles. The van der Waals surface area contributed by atoms with Crippen molar-refractivity contribution in [1.82, 2.24) is 15.5 Å². The van der Waals surface area contributed by atoms with Gasteiger partial charge in [0, 0.05) is 13.1 Å². The molecule has 3 rings (SSSR count). The van der Waals surface area contributed by atoms with E-state index in [2.05, 4.69) is 27.3 Å². The van der Waals surface area contributed by atoms with Crippen LogP contribution in [0.1, 0.15) is 44.0 Å². The zero-order valence-corrected chi connectivity index (χ0v) is 12.6. The fourth-order valence-electron chi connectivity index (χ4n) is 3.42. The summed E-state index contributed by atoms with van der Waals surface area (Å²) in [6.45, 7) is 6.89. The van der Waals surface area contributed by atoms with Crippen LogP contribution in [0.3, 0.4) is 0 Å². The molecule has 5 heteroatoms. The molecule has 1 N–H and O–H groups in total. The van der Waals surface area contributed by atoms with E-state index >= 15 is 0 Å². The summed E-state index contributed by atoms with van der Waals surface area (Å²) in [7, 11) is 0. The van der Waals surface area contributed by atoms with Crippen LogP contribution in [0.25, 0.3) is 0 Å². The zero-order chi connectivity index (χ0) is 13.1. The fourth-order valence-corrected chi connectivity index (χ4v) is 4.25. The number of hydrogen-bond acceptors (Lipinski definition) is 5. The smallest absolute Gasteiger partial charge is 0.208 e. The molecule has 4 nitrogen and oxygen atoms in total. The number of aromatic nitrogens is 2. The summed E-state index contributed by atoms with van der Waals surface area (Å²) in [5.74, 6) is 0. The van der Waals surface area contributed by atoms with Crippen molar-refractivity contribution in [3.8, 4) is 0 Å². The molecule has 0 saturated carbocycles. The Bertz CT molecular complexity index is 411. The van der Waals surface area contributed by atoms with Crippen LogP contribution in [0.2, 0.25) is 0 Å². The standard InChI is InChI=1S/C14H24N4S/c1-2-12-16-17-13(19-12)18-10-3-4-14(7-11-18)5-8-15-9-6-14/h15H,2-11H2,1H3. The number of nitrogens with one attached hydrogen (secondary N) is 1. The third-order valence-corrected chi connectivity index (χ3v) is 5.87. The molecule has 2 fully saturated rings. The van der Waals surface area contributed by atoms with Gasteiger partial charge in [-0.3, -0.25) is 0 Å². The maximum absolute atomic E-state index is 4.37. The van der Waals surface area contributed by atoms with Crippen molar-refractivity contribution in [2.24, 2.45) is 5.41 Å². The Morgan fingerprint density at radius 3 is 2.74 bits per heavy atom. The average molecular weight is 280 g/mol. The van der Waals surface area contributed by atoms with E-state index in [1.54, 1.807) is 11.3 Å². The Balaban J connectivity index is 1.66. The molecule has 0 bridgehead atoms. The van der Waals surface area contributed by atoms with Crippen molar-refractivity contribution < 1.29 is 0 Å². The highest BCUT2D eigenvalue weighted by molar-refractivity contribution is 7.15. The van der Waals surface area contributed by atoms with Crippen LogP contribution >= 0.6 is 11.3 Å². The highest BCUT2D eigenvalue weighted by atomic mass is 32.1. The van der Waals surface area contributed by atoms with Crippen LogP contribution in [-0.4, -0.2) is 36.4 Å². The summed E-state index contributed by atoms with van der Waals surface area (Å²) in [4.78, 5) is 2.47. The molecule has 1 spiro atoms. The minimum Gasteiger partial charge on any atom is -0.347 e. The highest BCUT2D eigenvalue weighted by Gasteiger charge is 2.34. The first-order valence-corrected chi connectivity index (χ1v) is 8.41. The van der Waals surface area contributed by atoms with Gasteiger partial charge in [-0.05, 0) is 57.0 Å². The summed E-state index contributed by atoms with van der Waals surface area (Å²) in [5.41, 5.74) is 0.609. The monoisotopic (exact) mass is 280 g/mol. The molecular formula is C14H24N4S. The van der Waals surface area contributed by atoms with Crippen LogP contribution in [0.15, 0.2) is 0 Å². The quantitative estimate of drug-likeness (QED) is 0.903. The second kappa shape index (κ2) is 5.75. The number of piperidine rings is 1. The first-order chi connectivity index (χ1) is 9.31. The molecule has 2 saturated heterocycles. The lowest BCUT2D eigenvalue weighted by molar-refractivity contribution is 0.178. The van der Waals surface area contributed by atoms with Gasteiger partial charge in [-0.2, -0.15) is 0 Å². The van der Waals surface area contributed by atoms with Gasteiger partial charge in [0.15, 0.2) is 0 Å². The molecule has 1 aromatic heterocycles. The molecule has 0 atom stereocenters. The second-order valence-corrected chi connectivity index (χ2v) is 6.96. The van der Waals surface area contributed by atoms with Crippen LogP contribution in [-0.2, 0) is 6.42 Å². The van der Waals surface area contributed by atoms with E-state index in [1.165, 1.54) is 51.7 Å². The zero-order valence-electron chi connectivity index (χ0n) is 11.8. The minimum absolute atomic E-state index is 0.609. The molecule has 0 unspecified atom stereocenters. The van der Waals surface area contributed by atoms with Crippen LogP contribution in [0, 0.1) is 5.41 Å². The molecule has 2 aliphatic heterocycles. The van der Waals surface area contributed by atoms with Crippen molar-refractivity contribution in [3.05, 3.63) is 5.01 Å². The molecule has 0 amide bonds. The lowest BCUT2D eigenvalue weighted by Gasteiger charge is -2.36. The van der Waals surface area contributed by atoms with E-state index in [0.717, 1.165) is 23.1 Å². The first kappa shape index (κ1) is 13.3. The van der Waals surface area contributed by atoms with E-state index in [0.29, 0.717) is 5.41 Å². The molecular weight excluding hydrogens is 256 g/mol. The molecule has 19 heavy (non-hydrogen) atoms. The molecule has 2 aliphatic rings. The van der Waals surface area contributed by atoms with Gasteiger partial charge in [-0.25, -0.2) is 0 Å². The van der Waals surface area contributed by atoms with Crippen LogP contribution in [0.5, 0.6) is 0 Å². The predicted molar refractivity (Wildman–Crippen MR) is 79.9 cm³/mol. The summed E-state index contributed by atoms with van der Waals surface area (Å²) in [5, 5.41) is 14.4. The summed E-state index contributed by atoms with van der Waals surface area (Å²) in [6.07, 6.45) is 7.75. The van der Waals surface area contributed by atoms with Crippen LogP contribution < -0.4 is 10.2 Å². The summed E-state index contributed by atoms with van der Waals surface area (Å²) < 4.78 is 0. The van der Waals surface area contributed by atoms with Gasteiger partial charge in [0.2, 0.25) is 5.13 Å². The largest absolute Gasteiger partial charge is 0.347 e. The van der Waals surface area contributed by atoms with Gasteiger partial charge in [0.1, 0.15) is 5.01 Å². The lowest BCUT2D eigenvalue weighted by atomic mass is 9.73. The minimum atomic E-state index is 0.609. The molecule has 106 valence electrons. The van der Waals surface area contributed by atoms with E-state index in [-0.39, 0.29) is 0 Å². The maximum atomic E-state index is 4.37. The van der Waals surface area contributed by atoms with Crippen molar-refractivity contribution >= 4 is 16.5 Å². The average Bonchev–Trinajstić information content (AvgIpc) is 2.84. The number of nitrogens with zero attached hydrogens (tertiary/aromatic N) is 3. The van der Waals surface area contributed by atoms with Gasteiger partial charge >= 0.3 is 0 Å². The Hall–Kier alpha value is -0.680. The van der Waals surface area contributed by atoms with E-state index in [9.17, 15) is 0 Å². The highest BCUT2D eigenvalue weighted by Crippen LogP contribution is 2.40. The van der Waals surface area contributed by atoms with Crippen LogP contribution in [0.4, 0.5) is 5.13 Å². The van der Waals surface area contributed by atoms with Crippen molar-refractivity contribution in [2.45, 2.75) is 45.4 Å². The number of anilines is 1. The Labute approximate surface area is 119 Å². The van der Waals surface area contributed by atoms with E-state index in [1.807, 2.05) is 0 Å². The fraction of sp³-hybridized carbons (Fsp3) is 0.857. The lowest BCUT2D eigenvalue weighted by Crippen LogP contribution is -2.37. The topological polar surface area (TPSA) is 41.1 Å². The Morgan fingerprint density at radius 2 is 2.00 bits per heavy atom. The third kappa shape index (κ3) is 2.92. The number of aryl methyl sites for hydroxylation is 1. The molecule has 1 aromatic rings. The SMILES string of the molecule is CCc1nnc(N2CCCC3(CCNCC3)CC2)s1. The Morgan fingerprint density at radius 1 is 1.16 bits per heavy atom. The van der Waals surface area contributed by atoms with Crippen molar-refractivity contribution in [1.29, 1.82) is 0 Å². The van der Waals surface area contributed by atoms with E-state index in [4.69, 9.17) is 0 Å². The summed E-state index contributed by atoms with van der Waals surface area (Å²) in [6, 6.07) is 0. The van der Waals surface area contributed by atoms with Gasteiger partial charge in [-0.1, -0.05) is 18.3 Å². The first-order valence-electron chi connectivity index (χ1n) is 7.59. The second-order valence-electron chi connectivity index (χ2n) is 5.92. The van der Waals surface area contributed by atoms with E-state index < -0.39 is 0 Å². The molecule has 0 radical (unpaired) electrons. The molecule has 0 aromatic carbocycles.